The summed E-state index contributed by atoms with van der Waals surface area (Å²) < 4.78 is 0. The number of allylic oxidation sites excluding steroid dienone is 17. The molecule has 0 aromatic rings. The van der Waals surface area contributed by atoms with E-state index in [0.29, 0.717) is 18.5 Å². The summed E-state index contributed by atoms with van der Waals surface area (Å²) >= 11 is 0. The standard InChI is InChI=1S/C42H63NO4/c1-33(38(6)44)27-21-17-13-12-14-18-22-28-34(2)42(47)36(4)41(46)32-24-20-16-11-9-7-8-10-15-19-23-31-40(45)35(3)37(5)43-39-29-25-26-30-39/h7-13,15-17,19-24,27-28,32,34-37,39-43,45-47H,14,18,25-26,29-31H2,1-6H3/b8-7+,11-9+,13-12+,15-10+,20-16+,21-17+,23-19+,28-22+,32-24+,33-27+. The predicted molar refractivity (Wildman–Crippen MR) is 201 cm³/mol. The monoisotopic (exact) mass is 645 g/mol. The van der Waals surface area contributed by atoms with Crippen LogP contribution in [0.5, 0.6) is 0 Å². The van der Waals surface area contributed by atoms with Crippen molar-refractivity contribution in [3.63, 3.8) is 0 Å². The molecule has 4 N–H and O–H groups in total. The van der Waals surface area contributed by atoms with Crippen LogP contribution in [-0.4, -0.2) is 51.5 Å². The summed E-state index contributed by atoms with van der Waals surface area (Å²) in [5.74, 6) is -0.0890. The number of hydrogen-bond donors (Lipinski definition) is 4. The van der Waals surface area contributed by atoms with Crippen LogP contribution in [0.15, 0.2) is 121 Å². The van der Waals surface area contributed by atoms with Crippen molar-refractivity contribution >= 4 is 5.78 Å². The van der Waals surface area contributed by atoms with E-state index in [0.717, 1.165) is 18.4 Å². The van der Waals surface area contributed by atoms with Crippen molar-refractivity contribution in [3.8, 4) is 0 Å². The lowest BCUT2D eigenvalue weighted by molar-refractivity contribution is -0.113. The highest BCUT2D eigenvalue weighted by molar-refractivity contribution is 5.92. The lowest BCUT2D eigenvalue weighted by Crippen LogP contribution is -2.42. The number of rotatable bonds is 22. The molecule has 0 aromatic carbocycles. The van der Waals surface area contributed by atoms with E-state index in [9.17, 15) is 20.1 Å². The Hall–Kier alpha value is -3.09. The summed E-state index contributed by atoms with van der Waals surface area (Å²) in [4.78, 5) is 11.2. The van der Waals surface area contributed by atoms with Crippen LogP contribution in [0.2, 0.25) is 0 Å². The fraction of sp³-hybridized carbons (Fsp3) is 0.500. The normalized spacial score (nSPS) is 20.5. The summed E-state index contributed by atoms with van der Waals surface area (Å²) in [6, 6.07) is 0.927. The van der Waals surface area contributed by atoms with E-state index < -0.39 is 12.2 Å². The Bertz CT molecular complexity index is 1160. The molecule has 0 amide bonds. The fourth-order valence-electron chi connectivity index (χ4n) is 5.18. The molecule has 0 bridgehead atoms. The van der Waals surface area contributed by atoms with Crippen molar-refractivity contribution in [3.05, 3.63) is 121 Å². The third-order valence-corrected chi connectivity index (χ3v) is 8.89. The van der Waals surface area contributed by atoms with Crippen LogP contribution in [0.1, 0.15) is 86.5 Å². The average molecular weight is 646 g/mol. The minimum Gasteiger partial charge on any atom is -0.392 e. The molecule has 0 heterocycles. The molecule has 1 rings (SSSR count). The molecule has 1 aliphatic carbocycles. The highest BCUT2D eigenvalue weighted by Gasteiger charge is 2.25. The molecule has 7 atom stereocenters. The molecule has 1 aliphatic rings. The Morgan fingerprint density at radius 1 is 0.681 bits per heavy atom. The van der Waals surface area contributed by atoms with E-state index in [1.807, 2.05) is 98.9 Å². The Morgan fingerprint density at radius 3 is 1.83 bits per heavy atom. The highest BCUT2D eigenvalue weighted by Crippen LogP contribution is 2.21. The number of unbranched alkanes of at least 4 members (excludes halogenated alkanes) is 1. The van der Waals surface area contributed by atoms with Gasteiger partial charge in [0, 0.05) is 23.9 Å². The molecular formula is C42H63NO4. The van der Waals surface area contributed by atoms with Gasteiger partial charge in [0.2, 0.25) is 0 Å². The number of ketones is 1. The van der Waals surface area contributed by atoms with Gasteiger partial charge in [0.05, 0.1) is 18.3 Å². The van der Waals surface area contributed by atoms with E-state index in [2.05, 4.69) is 31.3 Å². The van der Waals surface area contributed by atoms with Gasteiger partial charge in [0.1, 0.15) is 0 Å². The molecule has 5 heteroatoms. The summed E-state index contributed by atoms with van der Waals surface area (Å²) in [5.41, 5.74) is 0.733. The molecule has 0 aromatic heterocycles. The van der Waals surface area contributed by atoms with Gasteiger partial charge in [-0.25, -0.2) is 0 Å². The molecule has 0 aliphatic heterocycles. The van der Waals surface area contributed by atoms with E-state index in [1.54, 1.807) is 32.1 Å². The lowest BCUT2D eigenvalue weighted by atomic mass is 9.88. The summed E-state index contributed by atoms with van der Waals surface area (Å²) in [5, 5.41) is 35.4. The van der Waals surface area contributed by atoms with Gasteiger partial charge < -0.3 is 20.6 Å². The van der Waals surface area contributed by atoms with Crippen LogP contribution < -0.4 is 5.32 Å². The minimum absolute atomic E-state index is 0.0703. The zero-order valence-electron chi connectivity index (χ0n) is 29.8. The second kappa shape index (κ2) is 25.9. The number of hydrogen-bond acceptors (Lipinski definition) is 5. The Balaban J connectivity index is 2.29. The van der Waals surface area contributed by atoms with Gasteiger partial charge in [-0.05, 0) is 64.4 Å². The Labute approximate surface area is 286 Å². The zero-order chi connectivity index (χ0) is 34.9. The number of aliphatic hydroxyl groups excluding tert-OH is 3. The summed E-state index contributed by atoms with van der Waals surface area (Å²) in [7, 11) is 0. The van der Waals surface area contributed by atoms with E-state index in [4.69, 9.17) is 0 Å². The fourth-order valence-corrected chi connectivity index (χ4v) is 5.18. The Morgan fingerprint density at radius 2 is 1.21 bits per heavy atom. The third kappa shape index (κ3) is 20.0. The maximum Gasteiger partial charge on any atom is 0.155 e. The quantitative estimate of drug-likeness (QED) is 0.0410. The molecule has 0 spiro atoms. The topological polar surface area (TPSA) is 89.8 Å². The number of nitrogens with one attached hydrogen (secondary N) is 1. The van der Waals surface area contributed by atoms with Crippen molar-refractivity contribution in [2.75, 3.05) is 0 Å². The predicted octanol–water partition coefficient (Wildman–Crippen LogP) is 8.61. The maximum absolute atomic E-state index is 11.2. The Kier molecular flexibility index (Phi) is 23.1. The van der Waals surface area contributed by atoms with Crippen LogP contribution in [-0.2, 0) is 4.79 Å². The molecule has 7 unspecified atom stereocenters. The number of carbonyl (C=O) groups excluding carboxylic acids is 1. The van der Waals surface area contributed by atoms with Gasteiger partial charge >= 0.3 is 0 Å². The molecule has 47 heavy (non-hydrogen) atoms. The van der Waals surface area contributed by atoms with Gasteiger partial charge in [0.15, 0.2) is 5.78 Å². The smallest absolute Gasteiger partial charge is 0.155 e. The van der Waals surface area contributed by atoms with Crippen molar-refractivity contribution < 1.29 is 20.1 Å². The van der Waals surface area contributed by atoms with Crippen molar-refractivity contribution in [2.24, 2.45) is 17.8 Å². The SMILES string of the molecule is CC(=O)/C(C)=C/C=C/C=C/CC/C=C/C(C)C(O)C(C)C(O)/C=C/C=C/C=C/C=C/C=C/C=C/CC(O)C(C)C(C)NC1CCCC1. The molecule has 0 saturated heterocycles. The second-order valence-electron chi connectivity index (χ2n) is 12.9. The first-order chi connectivity index (χ1) is 22.5. The number of Topliss-reactive ketones (excluding diaryl/α,β-unsaturated/α-hetero) is 1. The third-order valence-electron chi connectivity index (χ3n) is 8.89. The molecule has 260 valence electrons. The average Bonchev–Trinajstić information content (AvgIpc) is 3.57. The first-order valence-corrected chi connectivity index (χ1v) is 17.5. The minimum atomic E-state index is -0.746. The first-order valence-electron chi connectivity index (χ1n) is 17.5. The maximum atomic E-state index is 11.2. The first kappa shape index (κ1) is 41.9. The van der Waals surface area contributed by atoms with Crippen LogP contribution in [0, 0.1) is 17.8 Å². The number of aliphatic hydroxyl groups is 3. The van der Waals surface area contributed by atoms with Crippen LogP contribution in [0.4, 0.5) is 0 Å². The van der Waals surface area contributed by atoms with E-state index >= 15 is 0 Å². The van der Waals surface area contributed by atoms with Gasteiger partial charge in [-0.2, -0.15) is 0 Å². The second-order valence-corrected chi connectivity index (χ2v) is 12.9. The van der Waals surface area contributed by atoms with Gasteiger partial charge in [-0.1, -0.05) is 149 Å². The van der Waals surface area contributed by atoms with Crippen molar-refractivity contribution in [1.29, 1.82) is 0 Å². The van der Waals surface area contributed by atoms with Gasteiger partial charge in [0.25, 0.3) is 0 Å². The van der Waals surface area contributed by atoms with Crippen LogP contribution in [0.25, 0.3) is 0 Å². The zero-order valence-corrected chi connectivity index (χ0v) is 29.8. The van der Waals surface area contributed by atoms with Crippen molar-refractivity contribution in [1.82, 2.24) is 5.32 Å². The van der Waals surface area contributed by atoms with Crippen LogP contribution in [0.3, 0.4) is 0 Å². The van der Waals surface area contributed by atoms with Gasteiger partial charge in [-0.15, -0.1) is 0 Å². The largest absolute Gasteiger partial charge is 0.392 e. The van der Waals surface area contributed by atoms with Crippen molar-refractivity contribution in [2.45, 2.75) is 117 Å². The lowest BCUT2D eigenvalue weighted by Gasteiger charge is -2.28. The highest BCUT2D eigenvalue weighted by atomic mass is 16.3. The molecule has 0 radical (unpaired) electrons. The molecular weight excluding hydrogens is 582 g/mol. The number of carbonyl (C=O) groups is 1. The van der Waals surface area contributed by atoms with E-state index in [-0.39, 0.29) is 29.6 Å². The molecule has 5 nitrogen and oxygen atoms in total. The summed E-state index contributed by atoms with van der Waals surface area (Å²) in [6.07, 6.45) is 42.4. The molecule has 1 fully saturated rings. The molecule has 1 saturated carbocycles. The summed E-state index contributed by atoms with van der Waals surface area (Å²) in [6.45, 7) is 11.5. The van der Waals surface area contributed by atoms with Gasteiger partial charge in [-0.3, -0.25) is 4.79 Å². The van der Waals surface area contributed by atoms with Crippen LogP contribution >= 0.6 is 0 Å². The van der Waals surface area contributed by atoms with E-state index in [1.165, 1.54) is 25.7 Å².